The van der Waals surface area contributed by atoms with Crippen LogP contribution >= 0.6 is 11.3 Å². The molecule has 0 amide bonds. The zero-order valence-electron chi connectivity index (χ0n) is 12.6. The lowest BCUT2D eigenvalue weighted by molar-refractivity contribution is -0.000558. The number of likely N-dealkylation sites (tertiary alicyclic amines) is 1. The van der Waals surface area contributed by atoms with Gasteiger partial charge in [0.05, 0.1) is 23.7 Å². The molecule has 0 bridgehead atoms. The Balaban J connectivity index is 1.45. The van der Waals surface area contributed by atoms with Gasteiger partial charge in [-0.25, -0.2) is 4.98 Å². The SMILES string of the molecule is OCCCOC1CCN(Cc2ncc(-c3cccs3)o2)CC1. The van der Waals surface area contributed by atoms with E-state index in [1.807, 2.05) is 23.7 Å². The molecule has 120 valence electrons. The Morgan fingerprint density at radius 2 is 2.27 bits per heavy atom. The van der Waals surface area contributed by atoms with Crippen LogP contribution in [0.3, 0.4) is 0 Å². The quantitative estimate of drug-likeness (QED) is 0.794. The highest BCUT2D eigenvalue weighted by molar-refractivity contribution is 7.13. The second-order valence-electron chi connectivity index (χ2n) is 5.52. The summed E-state index contributed by atoms with van der Waals surface area (Å²) in [5.41, 5.74) is 0. The van der Waals surface area contributed by atoms with Crippen LogP contribution in [0.5, 0.6) is 0 Å². The standard InChI is InChI=1S/C16H22N2O3S/c19-8-2-9-20-13-4-6-18(7-5-13)12-16-17-11-14(21-16)15-3-1-10-22-15/h1,3,10-11,13,19H,2,4-9,12H2. The highest BCUT2D eigenvalue weighted by atomic mass is 32.1. The summed E-state index contributed by atoms with van der Waals surface area (Å²) in [6.07, 6.45) is 4.93. The average molecular weight is 322 g/mol. The van der Waals surface area contributed by atoms with E-state index in [4.69, 9.17) is 14.3 Å². The van der Waals surface area contributed by atoms with Crippen molar-refractivity contribution < 1.29 is 14.3 Å². The van der Waals surface area contributed by atoms with Gasteiger partial charge in [-0.2, -0.15) is 0 Å². The van der Waals surface area contributed by atoms with Gasteiger partial charge in [0.2, 0.25) is 5.89 Å². The predicted molar refractivity (Wildman–Crippen MR) is 85.8 cm³/mol. The van der Waals surface area contributed by atoms with Gasteiger partial charge in [-0.1, -0.05) is 6.07 Å². The van der Waals surface area contributed by atoms with E-state index in [1.165, 1.54) is 0 Å². The number of thiophene rings is 1. The average Bonchev–Trinajstić information content (AvgIpc) is 3.20. The summed E-state index contributed by atoms with van der Waals surface area (Å²) >= 11 is 1.66. The molecule has 0 spiro atoms. The van der Waals surface area contributed by atoms with Gasteiger partial charge in [-0.3, -0.25) is 4.90 Å². The second-order valence-corrected chi connectivity index (χ2v) is 6.47. The highest BCUT2D eigenvalue weighted by Crippen LogP contribution is 2.26. The maximum atomic E-state index is 8.77. The molecule has 1 aliphatic rings. The van der Waals surface area contributed by atoms with Gasteiger partial charge >= 0.3 is 0 Å². The molecule has 0 unspecified atom stereocenters. The molecule has 0 saturated carbocycles. The van der Waals surface area contributed by atoms with E-state index < -0.39 is 0 Å². The Kier molecular flexibility index (Phi) is 5.61. The molecule has 5 nitrogen and oxygen atoms in total. The second kappa shape index (κ2) is 7.87. The Labute approximate surface area is 134 Å². The van der Waals surface area contributed by atoms with Crippen LogP contribution in [0.25, 0.3) is 10.6 Å². The monoisotopic (exact) mass is 322 g/mol. The lowest BCUT2D eigenvalue weighted by Crippen LogP contribution is -2.36. The molecule has 3 heterocycles. The number of oxazole rings is 1. The summed E-state index contributed by atoms with van der Waals surface area (Å²) in [6, 6.07) is 4.06. The minimum absolute atomic E-state index is 0.204. The predicted octanol–water partition coefficient (Wildman–Crippen LogP) is 2.77. The molecule has 0 radical (unpaired) electrons. The van der Waals surface area contributed by atoms with Crippen molar-refractivity contribution in [2.75, 3.05) is 26.3 Å². The largest absolute Gasteiger partial charge is 0.438 e. The highest BCUT2D eigenvalue weighted by Gasteiger charge is 2.21. The molecule has 1 aliphatic heterocycles. The molecule has 2 aromatic heterocycles. The number of aliphatic hydroxyl groups excluding tert-OH is 1. The van der Waals surface area contributed by atoms with Crippen molar-refractivity contribution in [1.82, 2.24) is 9.88 Å². The summed E-state index contributed by atoms with van der Waals surface area (Å²) in [6.45, 7) is 3.62. The molecule has 6 heteroatoms. The lowest BCUT2D eigenvalue weighted by Gasteiger charge is -2.30. The van der Waals surface area contributed by atoms with Crippen molar-refractivity contribution >= 4 is 11.3 Å². The lowest BCUT2D eigenvalue weighted by atomic mass is 10.1. The van der Waals surface area contributed by atoms with Crippen LogP contribution < -0.4 is 0 Å². The smallest absolute Gasteiger partial charge is 0.209 e. The first-order valence-electron chi connectivity index (χ1n) is 7.78. The number of aromatic nitrogens is 1. The molecular weight excluding hydrogens is 300 g/mol. The number of nitrogens with zero attached hydrogens (tertiary/aromatic N) is 2. The molecule has 0 aromatic carbocycles. The van der Waals surface area contributed by atoms with Gasteiger partial charge < -0.3 is 14.3 Å². The van der Waals surface area contributed by atoms with E-state index in [-0.39, 0.29) is 6.61 Å². The van der Waals surface area contributed by atoms with Crippen molar-refractivity contribution in [1.29, 1.82) is 0 Å². The summed E-state index contributed by atoms with van der Waals surface area (Å²) in [7, 11) is 0. The van der Waals surface area contributed by atoms with E-state index in [2.05, 4.69) is 9.88 Å². The molecule has 3 rings (SSSR count). The van der Waals surface area contributed by atoms with E-state index >= 15 is 0 Å². The van der Waals surface area contributed by atoms with Gasteiger partial charge in [-0.15, -0.1) is 11.3 Å². The first-order valence-corrected chi connectivity index (χ1v) is 8.66. The topological polar surface area (TPSA) is 58.7 Å². The molecule has 0 atom stereocenters. The summed E-state index contributed by atoms with van der Waals surface area (Å²) in [5.74, 6) is 1.63. The van der Waals surface area contributed by atoms with Crippen LogP contribution in [-0.4, -0.2) is 47.4 Å². The van der Waals surface area contributed by atoms with Gasteiger partial charge in [-0.05, 0) is 30.7 Å². The fraction of sp³-hybridized carbons (Fsp3) is 0.562. The third-order valence-electron chi connectivity index (χ3n) is 3.87. The van der Waals surface area contributed by atoms with Gasteiger partial charge in [0.25, 0.3) is 0 Å². The van der Waals surface area contributed by atoms with Crippen molar-refractivity contribution in [3.8, 4) is 10.6 Å². The number of hydrogen-bond donors (Lipinski definition) is 1. The van der Waals surface area contributed by atoms with Crippen LogP contribution in [0, 0.1) is 0 Å². The van der Waals surface area contributed by atoms with Crippen molar-refractivity contribution in [3.05, 3.63) is 29.6 Å². The zero-order valence-corrected chi connectivity index (χ0v) is 13.4. The van der Waals surface area contributed by atoms with Crippen molar-refractivity contribution in [2.24, 2.45) is 0 Å². The Hall–Kier alpha value is -1.21. The van der Waals surface area contributed by atoms with E-state index in [9.17, 15) is 0 Å². The van der Waals surface area contributed by atoms with E-state index in [1.54, 1.807) is 11.3 Å². The zero-order chi connectivity index (χ0) is 15.2. The fourth-order valence-electron chi connectivity index (χ4n) is 2.66. The minimum atomic E-state index is 0.204. The van der Waals surface area contributed by atoms with Crippen molar-refractivity contribution in [2.45, 2.75) is 31.9 Å². The molecule has 0 aliphatic carbocycles. The Morgan fingerprint density at radius 3 is 3.00 bits per heavy atom. The first-order chi connectivity index (χ1) is 10.8. The normalized spacial score (nSPS) is 17.1. The number of hydrogen-bond acceptors (Lipinski definition) is 6. The summed E-state index contributed by atoms with van der Waals surface area (Å²) in [5, 5.41) is 10.8. The fourth-order valence-corrected chi connectivity index (χ4v) is 3.33. The molecule has 1 fully saturated rings. The van der Waals surface area contributed by atoms with Gasteiger partial charge in [0.1, 0.15) is 0 Å². The Bertz CT molecular complexity index is 548. The van der Waals surface area contributed by atoms with Crippen LogP contribution in [0.4, 0.5) is 0 Å². The van der Waals surface area contributed by atoms with Gasteiger partial charge in [0, 0.05) is 26.3 Å². The third kappa shape index (κ3) is 4.16. The molecule has 22 heavy (non-hydrogen) atoms. The third-order valence-corrected chi connectivity index (χ3v) is 4.75. The van der Waals surface area contributed by atoms with Gasteiger partial charge in [0.15, 0.2) is 5.76 Å². The maximum Gasteiger partial charge on any atom is 0.209 e. The van der Waals surface area contributed by atoms with Crippen molar-refractivity contribution in [3.63, 3.8) is 0 Å². The number of piperidine rings is 1. The molecule has 2 aromatic rings. The van der Waals surface area contributed by atoms with Crippen LogP contribution in [0.1, 0.15) is 25.2 Å². The number of ether oxygens (including phenoxy) is 1. The van der Waals surface area contributed by atoms with Crippen LogP contribution in [0.2, 0.25) is 0 Å². The van der Waals surface area contributed by atoms with Crippen LogP contribution in [-0.2, 0) is 11.3 Å². The molecule has 1 N–H and O–H groups in total. The molecular formula is C16H22N2O3S. The summed E-state index contributed by atoms with van der Waals surface area (Å²) in [4.78, 5) is 7.86. The summed E-state index contributed by atoms with van der Waals surface area (Å²) < 4.78 is 11.6. The molecule has 1 saturated heterocycles. The number of rotatable bonds is 7. The minimum Gasteiger partial charge on any atom is -0.438 e. The van der Waals surface area contributed by atoms with Crippen LogP contribution in [0.15, 0.2) is 28.1 Å². The maximum absolute atomic E-state index is 8.77. The number of aliphatic hydroxyl groups is 1. The van der Waals surface area contributed by atoms with E-state index in [0.717, 1.165) is 55.4 Å². The van der Waals surface area contributed by atoms with E-state index in [0.29, 0.717) is 12.7 Å². The first kappa shape index (κ1) is 15.7. The Morgan fingerprint density at radius 1 is 1.41 bits per heavy atom.